The highest BCUT2D eigenvalue weighted by Crippen LogP contribution is 2.37. The monoisotopic (exact) mass is 480 g/mol. The summed E-state index contributed by atoms with van der Waals surface area (Å²) in [5.41, 5.74) is 1.91. The van der Waals surface area contributed by atoms with Gasteiger partial charge in [-0.3, -0.25) is 14.2 Å². The Balaban J connectivity index is 1.63. The third-order valence-electron chi connectivity index (χ3n) is 5.68. The quantitative estimate of drug-likeness (QED) is 0.317. The minimum atomic E-state index is -0.743. The number of anilines is 1. The molecule has 4 rings (SSSR count). The predicted molar refractivity (Wildman–Crippen MR) is 129 cm³/mol. The van der Waals surface area contributed by atoms with Crippen LogP contribution in [0.15, 0.2) is 66.6 Å². The number of aromatic hydroxyl groups is 1. The Kier molecular flexibility index (Phi) is 7.81. The van der Waals surface area contributed by atoms with E-state index in [0.29, 0.717) is 6.42 Å². The number of ether oxygens (including phenoxy) is 3. The number of benzene rings is 2. The molecule has 2 atom stereocenters. The zero-order valence-corrected chi connectivity index (χ0v) is 19.3. The number of hydrogen-bond acceptors (Lipinski definition) is 7. The summed E-state index contributed by atoms with van der Waals surface area (Å²) in [5, 5.41) is 22.5. The van der Waals surface area contributed by atoms with E-state index in [9.17, 15) is 14.7 Å². The van der Waals surface area contributed by atoms with Gasteiger partial charge in [-0.15, -0.1) is 0 Å². The van der Waals surface area contributed by atoms with Crippen molar-refractivity contribution in [3.63, 3.8) is 0 Å². The first-order chi connectivity index (χ1) is 17.0. The van der Waals surface area contributed by atoms with Gasteiger partial charge in [-0.25, -0.2) is 0 Å². The molecule has 3 N–H and O–H groups in total. The third kappa shape index (κ3) is 5.71. The maximum Gasteiger partial charge on any atom is 0.290 e. The summed E-state index contributed by atoms with van der Waals surface area (Å²) in [6.45, 7) is 2.09. The molecule has 1 aliphatic heterocycles. The van der Waals surface area contributed by atoms with Crippen LogP contribution in [0, 0.1) is 0 Å². The van der Waals surface area contributed by atoms with Gasteiger partial charge in [0, 0.05) is 30.8 Å². The second-order valence-corrected chi connectivity index (χ2v) is 8.09. The van der Waals surface area contributed by atoms with Crippen LogP contribution in [-0.2, 0) is 19.0 Å². The standard InChI is InChI=1S/C26H28N2O7/c1-17(30)28-16-20(19-6-2-4-8-22(19)28)18-14-24(26(32)27-21-7-3-5-9-23(21)31)35-25(15-18)34-13-12-33-11-10-29/h2-9,14,16,18,25,29,31H,10-13,15H2,1H3,(H,27,32)/t18-,25+/m0/s1. The predicted octanol–water partition coefficient (Wildman–Crippen LogP) is 3.39. The van der Waals surface area contributed by atoms with E-state index in [0.717, 1.165) is 16.5 Å². The highest BCUT2D eigenvalue weighted by molar-refractivity contribution is 6.03. The first kappa shape index (κ1) is 24.5. The van der Waals surface area contributed by atoms with Crippen molar-refractivity contribution in [3.05, 3.63) is 72.1 Å². The molecule has 0 radical (unpaired) electrons. The maximum atomic E-state index is 13.1. The van der Waals surface area contributed by atoms with Crippen LogP contribution in [0.4, 0.5) is 5.69 Å². The number of carbonyl (C=O) groups excluding carboxylic acids is 2. The third-order valence-corrected chi connectivity index (χ3v) is 5.68. The van der Waals surface area contributed by atoms with Crippen LogP contribution in [0.5, 0.6) is 5.75 Å². The minimum Gasteiger partial charge on any atom is -0.506 e. The molecule has 2 heterocycles. The van der Waals surface area contributed by atoms with E-state index in [1.165, 1.54) is 13.0 Å². The highest BCUT2D eigenvalue weighted by atomic mass is 16.7. The van der Waals surface area contributed by atoms with Gasteiger partial charge in [-0.05, 0) is 29.8 Å². The number of hydrogen-bond donors (Lipinski definition) is 3. The largest absolute Gasteiger partial charge is 0.506 e. The summed E-state index contributed by atoms with van der Waals surface area (Å²) >= 11 is 0. The van der Waals surface area contributed by atoms with Crippen molar-refractivity contribution in [2.45, 2.75) is 25.6 Å². The Morgan fingerprint density at radius 3 is 2.66 bits per heavy atom. The van der Waals surface area contributed by atoms with Crippen LogP contribution < -0.4 is 5.32 Å². The summed E-state index contributed by atoms with van der Waals surface area (Å²) in [6, 6.07) is 14.0. The SMILES string of the molecule is CC(=O)n1cc([C@H]2C=C(C(=O)Nc3ccccc3O)O[C@@H](OCCOCCO)C2)c2ccccc21. The minimum absolute atomic E-state index is 0.0467. The number of amides is 1. The van der Waals surface area contributed by atoms with E-state index >= 15 is 0 Å². The summed E-state index contributed by atoms with van der Waals surface area (Å²) in [7, 11) is 0. The van der Waals surface area contributed by atoms with Gasteiger partial charge >= 0.3 is 0 Å². The van der Waals surface area contributed by atoms with E-state index in [4.69, 9.17) is 19.3 Å². The van der Waals surface area contributed by atoms with Crippen LogP contribution >= 0.6 is 0 Å². The van der Waals surface area contributed by atoms with Crippen LogP contribution in [0.25, 0.3) is 10.9 Å². The topological polar surface area (TPSA) is 119 Å². The van der Waals surface area contributed by atoms with Gasteiger partial charge in [0.25, 0.3) is 5.91 Å². The number of phenols is 1. The van der Waals surface area contributed by atoms with Crippen molar-refractivity contribution in [1.29, 1.82) is 0 Å². The average molecular weight is 481 g/mol. The molecule has 0 fully saturated rings. The molecule has 1 aliphatic rings. The molecule has 35 heavy (non-hydrogen) atoms. The van der Waals surface area contributed by atoms with E-state index in [2.05, 4.69) is 5.32 Å². The molecule has 1 aromatic heterocycles. The molecular weight excluding hydrogens is 452 g/mol. The first-order valence-electron chi connectivity index (χ1n) is 11.4. The number of para-hydroxylation sites is 3. The number of aliphatic hydroxyl groups excluding tert-OH is 1. The summed E-state index contributed by atoms with van der Waals surface area (Å²) in [4.78, 5) is 25.3. The molecule has 184 valence electrons. The number of carbonyl (C=O) groups is 2. The lowest BCUT2D eigenvalue weighted by Gasteiger charge is -2.29. The fourth-order valence-corrected chi connectivity index (χ4v) is 4.07. The van der Waals surface area contributed by atoms with Gasteiger partial charge in [0.2, 0.25) is 12.2 Å². The molecule has 0 bridgehead atoms. The smallest absolute Gasteiger partial charge is 0.290 e. The van der Waals surface area contributed by atoms with Crippen molar-refractivity contribution in [2.75, 3.05) is 31.7 Å². The number of phenolic OH excluding ortho intramolecular Hbond substituents is 1. The fraction of sp³-hybridized carbons (Fsp3) is 0.308. The molecule has 3 aromatic rings. The second kappa shape index (κ2) is 11.2. The van der Waals surface area contributed by atoms with E-state index in [1.54, 1.807) is 35.0 Å². The zero-order chi connectivity index (χ0) is 24.8. The first-order valence-corrected chi connectivity index (χ1v) is 11.4. The molecular formula is C26H28N2O7. The maximum absolute atomic E-state index is 13.1. The molecule has 1 amide bonds. The Morgan fingerprint density at radius 1 is 1.11 bits per heavy atom. The second-order valence-electron chi connectivity index (χ2n) is 8.09. The van der Waals surface area contributed by atoms with Crippen molar-refractivity contribution >= 4 is 28.4 Å². The number of fused-ring (bicyclic) bond motifs is 1. The van der Waals surface area contributed by atoms with Crippen LogP contribution in [-0.4, -0.2) is 59.3 Å². The molecule has 9 nitrogen and oxygen atoms in total. The Morgan fingerprint density at radius 2 is 1.89 bits per heavy atom. The lowest BCUT2D eigenvalue weighted by atomic mass is 9.92. The average Bonchev–Trinajstić information content (AvgIpc) is 3.25. The van der Waals surface area contributed by atoms with E-state index in [-0.39, 0.29) is 55.4 Å². The van der Waals surface area contributed by atoms with Crippen LogP contribution in [0.3, 0.4) is 0 Å². The zero-order valence-electron chi connectivity index (χ0n) is 19.3. The van der Waals surface area contributed by atoms with Crippen molar-refractivity contribution in [1.82, 2.24) is 4.57 Å². The number of aliphatic hydroxyl groups is 1. The van der Waals surface area contributed by atoms with Crippen LogP contribution in [0.2, 0.25) is 0 Å². The lowest BCUT2D eigenvalue weighted by molar-refractivity contribution is -0.148. The van der Waals surface area contributed by atoms with Gasteiger partial charge in [-0.1, -0.05) is 30.3 Å². The molecule has 0 spiro atoms. The van der Waals surface area contributed by atoms with Gasteiger partial charge in [-0.2, -0.15) is 0 Å². The molecule has 0 saturated carbocycles. The Labute approximate surface area is 202 Å². The number of aromatic nitrogens is 1. The Bertz CT molecular complexity index is 1230. The van der Waals surface area contributed by atoms with Gasteiger partial charge in [0.05, 0.1) is 37.6 Å². The number of nitrogens with one attached hydrogen (secondary N) is 1. The highest BCUT2D eigenvalue weighted by Gasteiger charge is 2.31. The van der Waals surface area contributed by atoms with Crippen molar-refractivity contribution in [2.24, 2.45) is 0 Å². The van der Waals surface area contributed by atoms with E-state index in [1.807, 2.05) is 24.3 Å². The fourth-order valence-electron chi connectivity index (χ4n) is 4.07. The number of nitrogens with zero attached hydrogens (tertiary/aromatic N) is 1. The van der Waals surface area contributed by atoms with Crippen LogP contribution in [0.1, 0.15) is 29.6 Å². The molecule has 0 aliphatic carbocycles. The number of allylic oxidation sites excluding steroid dienone is 1. The summed E-state index contributed by atoms with van der Waals surface area (Å²) < 4.78 is 18.5. The Hall–Kier alpha value is -3.66. The molecule has 2 aromatic carbocycles. The van der Waals surface area contributed by atoms with Gasteiger partial charge < -0.3 is 29.7 Å². The van der Waals surface area contributed by atoms with Crippen molar-refractivity contribution in [3.8, 4) is 5.75 Å². The summed E-state index contributed by atoms with van der Waals surface area (Å²) in [5.74, 6) is -0.938. The summed E-state index contributed by atoms with van der Waals surface area (Å²) in [6.07, 6.45) is 3.18. The van der Waals surface area contributed by atoms with Gasteiger partial charge in [0.1, 0.15) is 5.75 Å². The number of rotatable bonds is 9. The molecule has 0 saturated heterocycles. The molecule has 0 unspecified atom stereocenters. The van der Waals surface area contributed by atoms with E-state index < -0.39 is 12.2 Å². The lowest BCUT2D eigenvalue weighted by Crippen LogP contribution is -2.30. The normalized spacial score (nSPS) is 17.6. The van der Waals surface area contributed by atoms with Crippen molar-refractivity contribution < 1.29 is 34.0 Å². The molecule has 9 heteroatoms. The van der Waals surface area contributed by atoms with Gasteiger partial charge in [0.15, 0.2) is 5.76 Å².